The first-order chi connectivity index (χ1) is 6.56. The minimum absolute atomic E-state index is 0.278. The Morgan fingerprint density at radius 1 is 1.79 bits per heavy atom. The van der Waals surface area contributed by atoms with Crippen molar-refractivity contribution in [2.24, 2.45) is 5.92 Å². The molecule has 3 heteroatoms. The minimum atomic E-state index is -0.746. The van der Waals surface area contributed by atoms with Gasteiger partial charge in [-0.25, -0.2) is 0 Å². The first-order valence-electron chi connectivity index (χ1n) is 5.02. The Kier molecular flexibility index (Phi) is 3.54. The Labute approximate surface area is 84.9 Å². The van der Waals surface area contributed by atoms with Crippen molar-refractivity contribution in [1.29, 1.82) is 0 Å². The van der Waals surface area contributed by atoms with Crippen molar-refractivity contribution in [3.05, 3.63) is 0 Å². The fourth-order valence-electron chi connectivity index (χ4n) is 2.09. The molecule has 1 aliphatic carbocycles. The number of hydrogen-bond donors (Lipinski definition) is 2. The van der Waals surface area contributed by atoms with Crippen molar-refractivity contribution in [1.82, 2.24) is 5.32 Å². The van der Waals surface area contributed by atoms with E-state index in [4.69, 9.17) is 6.42 Å². The van der Waals surface area contributed by atoms with Crippen LogP contribution in [0.2, 0.25) is 0 Å². The van der Waals surface area contributed by atoms with E-state index in [2.05, 4.69) is 12.2 Å². The molecule has 2 atom stereocenters. The van der Waals surface area contributed by atoms with Crippen molar-refractivity contribution in [3.8, 4) is 12.3 Å². The molecule has 0 aromatic carbocycles. The van der Waals surface area contributed by atoms with Gasteiger partial charge in [0.2, 0.25) is 0 Å². The molecule has 1 saturated carbocycles. The van der Waals surface area contributed by atoms with Crippen LogP contribution >= 0.6 is 0 Å². The monoisotopic (exact) mass is 195 g/mol. The number of aliphatic hydroxyl groups is 1. The highest BCUT2D eigenvalue weighted by Crippen LogP contribution is 2.31. The van der Waals surface area contributed by atoms with Gasteiger partial charge in [0.15, 0.2) is 0 Å². The fraction of sp³-hybridized carbons (Fsp3) is 0.727. The summed E-state index contributed by atoms with van der Waals surface area (Å²) in [6, 6.07) is 0. The van der Waals surface area contributed by atoms with E-state index < -0.39 is 11.5 Å². The number of carbonyl (C=O) groups excluding carboxylic acids is 1. The first-order valence-corrected chi connectivity index (χ1v) is 5.02. The Morgan fingerprint density at radius 3 is 3.07 bits per heavy atom. The average Bonchev–Trinajstić information content (AvgIpc) is 2.14. The number of carbonyl (C=O) groups is 1. The number of rotatable bonds is 2. The van der Waals surface area contributed by atoms with Crippen LogP contribution in [0.5, 0.6) is 0 Å². The van der Waals surface area contributed by atoms with Crippen LogP contribution in [0.25, 0.3) is 0 Å². The van der Waals surface area contributed by atoms with Gasteiger partial charge in [-0.2, -0.15) is 0 Å². The van der Waals surface area contributed by atoms with Crippen LogP contribution in [0.1, 0.15) is 32.6 Å². The van der Waals surface area contributed by atoms with Gasteiger partial charge in [-0.15, -0.1) is 6.42 Å². The van der Waals surface area contributed by atoms with E-state index >= 15 is 0 Å². The maximum Gasteiger partial charge on any atom is 0.295 e. The molecule has 0 spiro atoms. The van der Waals surface area contributed by atoms with Crippen molar-refractivity contribution in [3.63, 3.8) is 0 Å². The van der Waals surface area contributed by atoms with E-state index in [1.807, 2.05) is 5.92 Å². The summed E-state index contributed by atoms with van der Waals surface area (Å²) in [5.74, 6) is 2.05. The molecule has 1 fully saturated rings. The molecule has 1 amide bonds. The smallest absolute Gasteiger partial charge is 0.295 e. The Morgan fingerprint density at radius 2 is 2.50 bits per heavy atom. The summed E-state index contributed by atoms with van der Waals surface area (Å²) in [5, 5.41) is 12.6. The van der Waals surface area contributed by atoms with Gasteiger partial charge < -0.3 is 10.4 Å². The normalized spacial score (nSPS) is 31.9. The molecule has 3 nitrogen and oxygen atoms in total. The molecule has 2 unspecified atom stereocenters. The van der Waals surface area contributed by atoms with Gasteiger partial charge in [-0.3, -0.25) is 4.79 Å². The van der Waals surface area contributed by atoms with E-state index in [1.165, 1.54) is 0 Å². The molecule has 1 rings (SSSR count). The highest BCUT2D eigenvalue weighted by Gasteiger charge is 2.32. The zero-order chi connectivity index (χ0) is 10.6. The van der Waals surface area contributed by atoms with Crippen LogP contribution in [0.4, 0.5) is 0 Å². The predicted molar refractivity (Wildman–Crippen MR) is 54.4 cm³/mol. The predicted octanol–water partition coefficient (Wildman–Crippen LogP) is 0.677. The lowest BCUT2D eigenvalue weighted by Crippen LogP contribution is -2.45. The van der Waals surface area contributed by atoms with Crippen LogP contribution in [-0.2, 0) is 4.79 Å². The zero-order valence-electron chi connectivity index (χ0n) is 8.55. The van der Waals surface area contributed by atoms with Gasteiger partial charge in [-0.05, 0) is 24.7 Å². The number of amides is 1. The molecule has 0 aromatic rings. The molecule has 0 radical (unpaired) electrons. The second-order valence-electron chi connectivity index (χ2n) is 4.25. The van der Waals surface area contributed by atoms with Gasteiger partial charge in [0, 0.05) is 6.54 Å². The molecule has 0 aliphatic heterocycles. The molecule has 1 aliphatic rings. The molecule has 0 bridgehead atoms. The second kappa shape index (κ2) is 4.47. The van der Waals surface area contributed by atoms with Gasteiger partial charge in [0.25, 0.3) is 5.91 Å². The van der Waals surface area contributed by atoms with Gasteiger partial charge >= 0.3 is 0 Å². The standard InChI is InChI=1S/C11H17NO2/c1-3-10(13)12-8-11(14)6-4-5-9(2)7-11/h1,9,14H,4-8H2,2H3,(H,12,13). The van der Waals surface area contributed by atoms with Crippen molar-refractivity contribution < 1.29 is 9.90 Å². The molecule has 2 N–H and O–H groups in total. The van der Waals surface area contributed by atoms with E-state index in [1.54, 1.807) is 0 Å². The third-order valence-electron chi connectivity index (χ3n) is 2.78. The van der Waals surface area contributed by atoms with Gasteiger partial charge in [-0.1, -0.05) is 19.8 Å². The molecule has 0 aromatic heterocycles. The Hall–Kier alpha value is -1.01. The minimum Gasteiger partial charge on any atom is -0.388 e. The topological polar surface area (TPSA) is 49.3 Å². The molecule has 0 heterocycles. The number of terminal acetylenes is 1. The van der Waals surface area contributed by atoms with Crippen LogP contribution < -0.4 is 5.32 Å². The lowest BCUT2D eigenvalue weighted by atomic mass is 9.79. The van der Waals surface area contributed by atoms with Crippen LogP contribution in [0.15, 0.2) is 0 Å². The maximum absolute atomic E-state index is 10.8. The lowest BCUT2D eigenvalue weighted by Gasteiger charge is -2.35. The van der Waals surface area contributed by atoms with Crippen molar-refractivity contribution >= 4 is 5.91 Å². The second-order valence-corrected chi connectivity index (χ2v) is 4.25. The van der Waals surface area contributed by atoms with E-state index in [-0.39, 0.29) is 6.54 Å². The highest BCUT2D eigenvalue weighted by atomic mass is 16.3. The van der Waals surface area contributed by atoms with Crippen molar-refractivity contribution in [2.45, 2.75) is 38.2 Å². The van der Waals surface area contributed by atoms with Gasteiger partial charge in [0.05, 0.1) is 5.60 Å². The summed E-state index contributed by atoms with van der Waals surface area (Å²) in [7, 11) is 0. The van der Waals surface area contributed by atoms with Crippen LogP contribution in [-0.4, -0.2) is 23.2 Å². The third-order valence-corrected chi connectivity index (χ3v) is 2.78. The quantitative estimate of drug-likeness (QED) is 0.636. The number of hydrogen-bond acceptors (Lipinski definition) is 2. The molecule has 0 saturated heterocycles. The third kappa shape index (κ3) is 3.04. The zero-order valence-corrected chi connectivity index (χ0v) is 8.55. The SMILES string of the molecule is C#CC(=O)NCC1(O)CCCC(C)C1. The Bertz CT molecular complexity index is 257. The molecular formula is C11H17NO2. The summed E-state index contributed by atoms with van der Waals surface area (Å²) < 4.78 is 0. The van der Waals surface area contributed by atoms with E-state index in [0.717, 1.165) is 25.7 Å². The highest BCUT2D eigenvalue weighted by molar-refractivity contribution is 5.92. The maximum atomic E-state index is 10.8. The van der Waals surface area contributed by atoms with Gasteiger partial charge in [0.1, 0.15) is 0 Å². The summed E-state index contributed by atoms with van der Waals surface area (Å²) in [6.07, 6.45) is 8.59. The fourth-order valence-corrected chi connectivity index (χ4v) is 2.09. The molecule has 14 heavy (non-hydrogen) atoms. The Balaban J connectivity index is 2.41. The lowest BCUT2D eigenvalue weighted by molar-refractivity contribution is -0.117. The van der Waals surface area contributed by atoms with E-state index in [0.29, 0.717) is 5.92 Å². The van der Waals surface area contributed by atoms with Crippen LogP contribution in [0, 0.1) is 18.3 Å². The van der Waals surface area contributed by atoms with Crippen LogP contribution in [0.3, 0.4) is 0 Å². The number of nitrogens with one attached hydrogen (secondary N) is 1. The summed E-state index contributed by atoms with van der Waals surface area (Å²) >= 11 is 0. The van der Waals surface area contributed by atoms with Crippen molar-refractivity contribution in [2.75, 3.05) is 6.54 Å². The largest absolute Gasteiger partial charge is 0.388 e. The summed E-state index contributed by atoms with van der Waals surface area (Å²) in [4.78, 5) is 10.8. The molecular weight excluding hydrogens is 178 g/mol. The van der Waals surface area contributed by atoms with E-state index in [9.17, 15) is 9.90 Å². The first kappa shape index (κ1) is 11.1. The molecule has 78 valence electrons. The summed E-state index contributed by atoms with van der Waals surface area (Å²) in [6.45, 7) is 2.40. The summed E-state index contributed by atoms with van der Waals surface area (Å²) in [5.41, 5.74) is -0.746. The average molecular weight is 195 g/mol.